The maximum Gasteiger partial charge on any atom is 0.131 e. The van der Waals surface area contributed by atoms with Gasteiger partial charge in [-0.15, -0.1) is 0 Å². The summed E-state index contributed by atoms with van der Waals surface area (Å²) in [7, 11) is 3.85. The van der Waals surface area contributed by atoms with Crippen molar-refractivity contribution in [2.45, 2.75) is 19.4 Å². The van der Waals surface area contributed by atoms with E-state index in [1.165, 1.54) is 19.1 Å². The van der Waals surface area contributed by atoms with Crippen molar-refractivity contribution >= 4 is 6.21 Å². The van der Waals surface area contributed by atoms with Gasteiger partial charge in [-0.3, -0.25) is 0 Å². The summed E-state index contributed by atoms with van der Waals surface area (Å²) in [5.74, 6) is 1.39. The van der Waals surface area contributed by atoms with Gasteiger partial charge in [-0.2, -0.15) is 0 Å². The van der Waals surface area contributed by atoms with E-state index in [9.17, 15) is 5.11 Å². The molecule has 0 bridgehead atoms. The summed E-state index contributed by atoms with van der Waals surface area (Å²) in [5.41, 5.74) is 1.46. The van der Waals surface area contributed by atoms with Crippen LogP contribution in [0, 0.1) is 5.92 Å². The van der Waals surface area contributed by atoms with Crippen LogP contribution in [0.4, 0.5) is 0 Å². The van der Waals surface area contributed by atoms with Crippen LogP contribution in [-0.2, 0) is 6.54 Å². The van der Waals surface area contributed by atoms with Crippen molar-refractivity contribution < 1.29 is 15.1 Å². The summed E-state index contributed by atoms with van der Waals surface area (Å²) in [4.78, 5) is 1.96. The molecule has 1 fully saturated rings. The molecule has 0 atom stereocenters. The molecule has 1 aliphatic rings. The number of ether oxygens (including phenoxy) is 1. The summed E-state index contributed by atoms with van der Waals surface area (Å²) >= 11 is 0. The number of hydrogen-bond acceptors (Lipinski definition) is 5. The third-order valence-electron chi connectivity index (χ3n) is 3.07. The molecule has 0 unspecified atom stereocenters. The number of hydrogen-bond donors (Lipinski definition) is 2. The Balaban J connectivity index is 2.22. The second-order valence-electron chi connectivity index (χ2n) is 5.26. The van der Waals surface area contributed by atoms with Crippen LogP contribution in [0.2, 0.25) is 0 Å². The number of nitrogens with zero attached hydrogens (tertiary/aromatic N) is 2. The van der Waals surface area contributed by atoms with Gasteiger partial charge in [0.25, 0.3) is 0 Å². The normalized spacial score (nSPS) is 15.3. The monoisotopic (exact) mass is 264 g/mol. The third kappa shape index (κ3) is 3.86. The molecule has 0 aromatic heterocycles. The van der Waals surface area contributed by atoms with Crippen LogP contribution in [-0.4, -0.2) is 42.1 Å². The molecule has 1 aromatic carbocycles. The minimum atomic E-state index is 0.203. The van der Waals surface area contributed by atoms with Gasteiger partial charge in [-0.05, 0) is 38.9 Å². The zero-order valence-electron chi connectivity index (χ0n) is 11.3. The molecule has 5 heteroatoms. The summed E-state index contributed by atoms with van der Waals surface area (Å²) in [6.45, 7) is 1.26. The summed E-state index contributed by atoms with van der Waals surface area (Å²) in [6, 6.07) is 3.38. The maximum atomic E-state index is 10.0. The molecule has 0 amide bonds. The van der Waals surface area contributed by atoms with E-state index < -0.39 is 0 Å². The highest BCUT2D eigenvalue weighted by molar-refractivity contribution is 5.84. The van der Waals surface area contributed by atoms with E-state index >= 15 is 0 Å². The van der Waals surface area contributed by atoms with Gasteiger partial charge in [0.05, 0.1) is 12.8 Å². The predicted octanol–water partition coefficient (Wildman–Crippen LogP) is 2.05. The Hall–Kier alpha value is -1.75. The molecular weight excluding hydrogens is 244 g/mol. The molecule has 2 N–H and O–H groups in total. The lowest BCUT2D eigenvalue weighted by molar-refractivity contribution is 0.296. The van der Waals surface area contributed by atoms with Crippen LogP contribution in [0.5, 0.6) is 11.5 Å². The van der Waals surface area contributed by atoms with E-state index in [0.717, 1.165) is 5.56 Å². The Morgan fingerprint density at radius 2 is 2.16 bits per heavy atom. The molecule has 0 aliphatic heterocycles. The van der Waals surface area contributed by atoms with Gasteiger partial charge in [0.1, 0.15) is 11.5 Å². The first-order chi connectivity index (χ1) is 9.10. The van der Waals surface area contributed by atoms with E-state index in [-0.39, 0.29) is 5.75 Å². The largest absolute Gasteiger partial charge is 0.507 e. The summed E-state index contributed by atoms with van der Waals surface area (Å²) < 4.78 is 5.68. The van der Waals surface area contributed by atoms with Crippen LogP contribution in [0.15, 0.2) is 17.3 Å². The Morgan fingerprint density at radius 1 is 1.42 bits per heavy atom. The fraction of sp³-hybridized carbons (Fsp3) is 0.500. The van der Waals surface area contributed by atoms with E-state index in [2.05, 4.69) is 5.16 Å². The second-order valence-corrected chi connectivity index (χ2v) is 5.26. The average molecular weight is 264 g/mol. The molecule has 0 spiro atoms. The smallest absolute Gasteiger partial charge is 0.131 e. The SMILES string of the molecule is CN(C)Cc1cc(C=NO)c(OCC2CC2)cc1O. The van der Waals surface area contributed by atoms with Crippen LogP contribution in [0.25, 0.3) is 0 Å². The topological polar surface area (TPSA) is 65.3 Å². The highest BCUT2D eigenvalue weighted by atomic mass is 16.5. The van der Waals surface area contributed by atoms with Crippen molar-refractivity contribution in [3.63, 3.8) is 0 Å². The maximum absolute atomic E-state index is 10.0. The molecule has 104 valence electrons. The Morgan fingerprint density at radius 3 is 2.74 bits per heavy atom. The lowest BCUT2D eigenvalue weighted by Crippen LogP contribution is -2.11. The fourth-order valence-electron chi connectivity index (χ4n) is 1.88. The van der Waals surface area contributed by atoms with Crippen molar-refractivity contribution in [1.29, 1.82) is 0 Å². The van der Waals surface area contributed by atoms with Crippen molar-refractivity contribution in [1.82, 2.24) is 4.90 Å². The number of aromatic hydroxyl groups is 1. The summed E-state index contributed by atoms with van der Waals surface area (Å²) in [5, 5.41) is 21.8. The standard InChI is InChI=1S/C14H20N2O3/c1-16(2)8-12-5-11(7-15-18)14(6-13(12)17)19-9-10-3-4-10/h5-7,10,17-18H,3-4,8-9H2,1-2H3. The van der Waals surface area contributed by atoms with Crippen molar-refractivity contribution in [2.24, 2.45) is 11.1 Å². The Bertz CT molecular complexity index is 468. The van der Waals surface area contributed by atoms with Crippen LogP contribution < -0.4 is 4.74 Å². The van der Waals surface area contributed by atoms with E-state index in [1.807, 2.05) is 19.0 Å². The molecule has 0 saturated heterocycles. The highest BCUT2D eigenvalue weighted by Crippen LogP contribution is 2.32. The summed E-state index contributed by atoms with van der Waals surface area (Å²) in [6.07, 6.45) is 3.74. The minimum Gasteiger partial charge on any atom is -0.507 e. The molecule has 5 nitrogen and oxygen atoms in total. The lowest BCUT2D eigenvalue weighted by Gasteiger charge is -2.15. The Kier molecular flexibility index (Phi) is 4.27. The zero-order chi connectivity index (χ0) is 13.8. The quantitative estimate of drug-likeness (QED) is 0.469. The molecule has 2 rings (SSSR count). The number of benzene rings is 1. The molecule has 1 saturated carbocycles. The van der Waals surface area contributed by atoms with Gasteiger partial charge in [0, 0.05) is 23.7 Å². The van der Waals surface area contributed by atoms with E-state index in [1.54, 1.807) is 12.1 Å². The zero-order valence-corrected chi connectivity index (χ0v) is 11.3. The van der Waals surface area contributed by atoms with Crippen LogP contribution in [0.1, 0.15) is 24.0 Å². The molecule has 0 radical (unpaired) electrons. The number of phenols is 1. The number of oxime groups is 1. The average Bonchev–Trinajstić information content (AvgIpc) is 3.15. The van der Waals surface area contributed by atoms with Gasteiger partial charge in [-0.25, -0.2) is 0 Å². The third-order valence-corrected chi connectivity index (χ3v) is 3.07. The first-order valence-electron chi connectivity index (χ1n) is 6.41. The van der Waals surface area contributed by atoms with E-state index in [0.29, 0.717) is 30.4 Å². The van der Waals surface area contributed by atoms with Gasteiger partial charge < -0.3 is 20.0 Å². The van der Waals surface area contributed by atoms with Gasteiger partial charge in [-0.1, -0.05) is 5.16 Å². The molecule has 19 heavy (non-hydrogen) atoms. The molecule has 1 aliphatic carbocycles. The highest BCUT2D eigenvalue weighted by Gasteiger charge is 2.22. The molecule has 1 aromatic rings. The van der Waals surface area contributed by atoms with Gasteiger partial charge in [0.2, 0.25) is 0 Å². The molecule has 0 heterocycles. The first-order valence-corrected chi connectivity index (χ1v) is 6.41. The van der Waals surface area contributed by atoms with Crippen molar-refractivity contribution in [2.75, 3.05) is 20.7 Å². The van der Waals surface area contributed by atoms with Gasteiger partial charge in [0.15, 0.2) is 0 Å². The lowest BCUT2D eigenvalue weighted by atomic mass is 10.1. The second kappa shape index (κ2) is 5.93. The minimum absolute atomic E-state index is 0.203. The van der Waals surface area contributed by atoms with Gasteiger partial charge >= 0.3 is 0 Å². The van der Waals surface area contributed by atoms with E-state index in [4.69, 9.17) is 9.94 Å². The number of rotatable bonds is 6. The van der Waals surface area contributed by atoms with Crippen LogP contribution in [0.3, 0.4) is 0 Å². The first kappa shape index (κ1) is 13.7. The number of phenolic OH excluding ortho intramolecular Hbond substituents is 1. The fourth-order valence-corrected chi connectivity index (χ4v) is 1.88. The molecular formula is C14H20N2O3. The predicted molar refractivity (Wildman–Crippen MR) is 73.1 cm³/mol. The van der Waals surface area contributed by atoms with Crippen molar-refractivity contribution in [3.8, 4) is 11.5 Å². The Labute approximate surface area is 113 Å². The van der Waals surface area contributed by atoms with Crippen molar-refractivity contribution in [3.05, 3.63) is 23.3 Å². The van der Waals surface area contributed by atoms with Crippen LogP contribution >= 0.6 is 0 Å².